The minimum absolute atomic E-state index is 0.279. The molecule has 2 aromatic carbocycles. The number of nitrogens with one attached hydrogen (secondary N) is 1. The molecule has 3 rings (SSSR count). The van der Waals surface area contributed by atoms with Gasteiger partial charge in [0.15, 0.2) is 18.1 Å². The molecule has 3 aromatic rings. The number of rotatable bonds is 8. The van der Waals surface area contributed by atoms with E-state index in [9.17, 15) is 9.59 Å². The number of fused-ring (bicyclic) bond motifs is 1. The second-order valence-corrected chi connectivity index (χ2v) is 6.71. The molecule has 2 N–H and O–H groups in total. The van der Waals surface area contributed by atoms with Gasteiger partial charge in [-0.2, -0.15) is 0 Å². The predicted octanol–water partition coefficient (Wildman–Crippen LogP) is 2.35. The predicted molar refractivity (Wildman–Crippen MR) is 112 cm³/mol. The number of aromatic nitrogens is 2. The molecule has 0 unspecified atom stereocenters. The molecule has 0 radical (unpaired) electrons. The van der Waals surface area contributed by atoms with Crippen molar-refractivity contribution in [1.82, 2.24) is 9.97 Å². The summed E-state index contributed by atoms with van der Waals surface area (Å²) in [6, 6.07) is 8.76. The second kappa shape index (κ2) is 8.73. The van der Waals surface area contributed by atoms with Gasteiger partial charge in [-0.1, -0.05) is 12.1 Å². The maximum atomic E-state index is 12.8. The number of benzene rings is 2. The van der Waals surface area contributed by atoms with Gasteiger partial charge in [0.1, 0.15) is 5.75 Å². The quantitative estimate of drug-likeness (QED) is 0.578. The maximum Gasteiger partial charge on any atom is 0.341 e. The topological polar surface area (TPSA) is 114 Å². The van der Waals surface area contributed by atoms with Crippen molar-refractivity contribution in [3.63, 3.8) is 0 Å². The van der Waals surface area contributed by atoms with Crippen molar-refractivity contribution in [3.05, 3.63) is 51.8 Å². The number of aliphatic carboxylic acids is 1. The van der Waals surface area contributed by atoms with Crippen LogP contribution in [-0.2, 0) is 11.3 Å². The number of anilines is 1. The number of hydrogen-bond donors (Lipinski definition) is 2. The molecule has 0 spiro atoms. The summed E-state index contributed by atoms with van der Waals surface area (Å²) in [5, 5.41) is 9.19. The zero-order valence-corrected chi connectivity index (χ0v) is 17.2. The summed E-state index contributed by atoms with van der Waals surface area (Å²) >= 11 is 0. The SMILES string of the molecule is COc1cc2nc(N(C)Cc3cccc(OCC(=O)O)c3)[nH]c(=O)c2c(C)c1OC. The largest absolute Gasteiger partial charge is 0.493 e. The fraction of sp³-hybridized carbons (Fsp3) is 0.286. The standard InChI is InChI=1S/C21H23N3O6/c1-12-18-15(9-16(28-3)19(12)29-4)22-21(23-20(18)27)24(2)10-13-6-5-7-14(8-13)30-11-17(25)26/h5-9H,10-11H2,1-4H3,(H,25,26)(H,22,23,27). The van der Waals surface area contributed by atoms with E-state index >= 15 is 0 Å². The van der Waals surface area contributed by atoms with Gasteiger partial charge in [-0.15, -0.1) is 0 Å². The van der Waals surface area contributed by atoms with E-state index in [1.54, 1.807) is 43.1 Å². The van der Waals surface area contributed by atoms with Gasteiger partial charge in [0.25, 0.3) is 5.56 Å². The first-order valence-electron chi connectivity index (χ1n) is 9.14. The summed E-state index contributed by atoms with van der Waals surface area (Å²) in [6.45, 7) is 1.79. The van der Waals surface area contributed by atoms with Gasteiger partial charge in [-0.3, -0.25) is 9.78 Å². The number of ether oxygens (including phenoxy) is 3. The molecule has 9 nitrogen and oxygen atoms in total. The van der Waals surface area contributed by atoms with E-state index in [1.165, 1.54) is 14.2 Å². The molecule has 0 atom stereocenters. The van der Waals surface area contributed by atoms with Gasteiger partial charge < -0.3 is 24.2 Å². The molecule has 0 fully saturated rings. The van der Waals surface area contributed by atoms with Crippen LogP contribution in [-0.4, -0.2) is 48.9 Å². The smallest absolute Gasteiger partial charge is 0.341 e. The Labute approximate surface area is 172 Å². The van der Waals surface area contributed by atoms with Crippen LogP contribution in [0.15, 0.2) is 35.1 Å². The normalized spacial score (nSPS) is 10.7. The average Bonchev–Trinajstić information content (AvgIpc) is 2.71. The van der Waals surface area contributed by atoms with Crippen LogP contribution in [0.3, 0.4) is 0 Å². The molecule has 0 aliphatic carbocycles. The van der Waals surface area contributed by atoms with Crippen LogP contribution in [0.5, 0.6) is 17.2 Å². The van der Waals surface area contributed by atoms with Crippen molar-refractivity contribution in [1.29, 1.82) is 0 Å². The van der Waals surface area contributed by atoms with Gasteiger partial charge in [0.2, 0.25) is 5.95 Å². The molecule has 1 aromatic heterocycles. The lowest BCUT2D eigenvalue weighted by atomic mass is 10.1. The molecule has 0 saturated heterocycles. The number of carboxylic acids is 1. The monoisotopic (exact) mass is 413 g/mol. The van der Waals surface area contributed by atoms with E-state index in [0.29, 0.717) is 46.2 Å². The summed E-state index contributed by atoms with van der Waals surface area (Å²) in [5.41, 5.74) is 1.73. The number of methoxy groups -OCH3 is 2. The summed E-state index contributed by atoms with van der Waals surface area (Å²) in [4.78, 5) is 32.6. The fourth-order valence-corrected chi connectivity index (χ4v) is 3.25. The van der Waals surface area contributed by atoms with Crippen LogP contribution in [0, 0.1) is 6.92 Å². The van der Waals surface area contributed by atoms with Crippen LogP contribution >= 0.6 is 0 Å². The van der Waals surface area contributed by atoms with Crippen LogP contribution in [0.1, 0.15) is 11.1 Å². The molecular formula is C21H23N3O6. The van der Waals surface area contributed by atoms with Crippen molar-refractivity contribution in [2.75, 3.05) is 32.8 Å². The molecular weight excluding hydrogens is 390 g/mol. The van der Waals surface area contributed by atoms with Crippen molar-refractivity contribution in [2.45, 2.75) is 13.5 Å². The van der Waals surface area contributed by atoms with E-state index in [4.69, 9.17) is 19.3 Å². The number of nitrogens with zero attached hydrogens (tertiary/aromatic N) is 2. The van der Waals surface area contributed by atoms with Crippen molar-refractivity contribution in [2.24, 2.45) is 0 Å². The van der Waals surface area contributed by atoms with Crippen molar-refractivity contribution in [3.8, 4) is 17.2 Å². The van der Waals surface area contributed by atoms with Gasteiger partial charge in [-0.05, 0) is 24.6 Å². The number of hydrogen-bond acceptors (Lipinski definition) is 7. The van der Waals surface area contributed by atoms with Gasteiger partial charge in [0.05, 0.1) is 25.1 Å². The van der Waals surface area contributed by atoms with E-state index in [2.05, 4.69) is 9.97 Å². The van der Waals surface area contributed by atoms with Crippen molar-refractivity contribution < 1.29 is 24.1 Å². The molecule has 9 heteroatoms. The van der Waals surface area contributed by atoms with Gasteiger partial charge >= 0.3 is 5.97 Å². The first kappa shape index (κ1) is 21.0. The van der Waals surface area contributed by atoms with E-state index in [1.807, 2.05) is 6.07 Å². The Morgan fingerprint density at radius 2 is 2.00 bits per heavy atom. The van der Waals surface area contributed by atoms with E-state index in [0.717, 1.165) is 5.56 Å². The Kier molecular flexibility index (Phi) is 6.10. The van der Waals surface area contributed by atoms with E-state index < -0.39 is 12.6 Å². The lowest BCUT2D eigenvalue weighted by molar-refractivity contribution is -0.139. The van der Waals surface area contributed by atoms with Crippen LogP contribution in [0.25, 0.3) is 10.9 Å². The number of carboxylic acid groups (broad SMARTS) is 1. The van der Waals surface area contributed by atoms with E-state index in [-0.39, 0.29) is 5.56 Å². The number of aromatic amines is 1. The Bertz CT molecular complexity index is 1140. The zero-order chi connectivity index (χ0) is 21.8. The number of carbonyl (C=O) groups is 1. The molecule has 1 heterocycles. The van der Waals surface area contributed by atoms with Crippen molar-refractivity contribution >= 4 is 22.8 Å². The molecule has 0 bridgehead atoms. The Hall–Kier alpha value is -3.75. The third-order valence-corrected chi connectivity index (χ3v) is 4.61. The minimum atomic E-state index is -1.04. The minimum Gasteiger partial charge on any atom is -0.493 e. The highest BCUT2D eigenvalue weighted by Crippen LogP contribution is 2.35. The highest BCUT2D eigenvalue weighted by Gasteiger charge is 2.17. The van der Waals surface area contributed by atoms with Gasteiger partial charge in [0, 0.05) is 25.2 Å². The lowest BCUT2D eigenvalue weighted by Gasteiger charge is -2.19. The molecule has 158 valence electrons. The summed E-state index contributed by atoms with van der Waals surface area (Å²) < 4.78 is 16.0. The van der Waals surface area contributed by atoms with Gasteiger partial charge in [-0.25, -0.2) is 9.78 Å². The highest BCUT2D eigenvalue weighted by atomic mass is 16.5. The van der Waals surface area contributed by atoms with Crippen LogP contribution in [0.2, 0.25) is 0 Å². The first-order valence-corrected chi connectivity index (χ1v) is 9.14. The molecule has 30 heavy (non-hydrogen) atoms. The molecule has 0 aliphatic rings. The maximum absolute atomic E-state index is 12.8. The van der Waals surface area contributed by atoms with Crippen LogP contribution < -0.4 is 24.7 Å². The third-order valence-electron chi connectivity index (χ3n) is 4.61. The number of H-pyrrole nitrogens is 1. The average molecular weight is 413 g/mol. The second-order valence-electron chi connectivity index (χ2n) is 6.71. The first-order chi connectivity index (χ1) is 14.3. The van der Waals surface area contributed by atoms with Crippen LogP contribution in [0.4, 0.5) is 5.95 Å². The molecule has 0 amide bonds. The summed E-state index contributed by atoms with van der Waals surface area (Å²) in [7, 11) is 4.85. The highest BCUT2D eigenvalue weighted by molar-refractivity contribution is 5.86. The third kappa shape index (κ3) is 4.29. The Balaban J connectivity index is 1.92. The molecule has 0 saturated carbocycles. The zero-order valence-electron chi connectivity index (χ0n) is 17.2. The summed E-state index contributed by atoms with van der Waals surface area (Å²) in [6.07, 6.45) is 0. The Morgan fingerprint density at radius 1 is 1.23 bits per heavy atom. The Morgan fingerprint density at radius 3 is 2.67 bits per heavy atom. The summed E-state index contributed by atoms with van der Waals surface area (Å²) in [5.74, 6) is 0.790. The lowest BCUT2D eigenvalue weighted by Crippen LogP contribution is -2.23. The molecule has 0 aliphatic heterocycles. The fourth-order valence-electron chi connectivity index (χ4n) is 3.25. The number of aryl methyl sites for hydroxylation is 1.